The van der Waals surface area contributed by atoms with Crippen LogP contribution in [0.2, 0.25) is 0 Å². The first kappa shape index (κ1) is 18.3. The van der Waals surface area contributed by atoms with Crippen molar-refractivity contribution in [3.63, 3.8) is 0 Å². The van der Waals surface area contributed by atoms with Gasteiger partial charge in [0.1, 0.15) is 5.75 Å². The number of nitrogens with one attached hydrogen (secondary N) is 1. The van der Waals surface area contributed by atoms with Crippen molar-refractivity contribution in [3.05, 3.63) is 28.7 Å². The van der Waals surface area contributed by atoms with Crippen LogP contribution in [0.15, 0.2) is 28.7 Å². The summed E-state index contributed by atoms with van der Waals surface area (Å²) < 4.78 is 6.73. The molecular formula is C18H27BrN2O2. The third kappa shape index (κ3) is 6.51. The minimum Gasteiger partial charge on any atom is -0.494 e. The summed E-state index contributed by atoms with van der Waals surface area (Å²) in [4.78, 5) is 14.3. The molecule has 0 bridgehead atoms. The van der Waals surface area contributed by atoms with Crippen LogP contribution in [0.5, 0.6) is 5.75 Å². The van der Waals surface area contributed by atoms with Gasteiger partial charge in [-0.2, -0.15) is 0 Å². The molecule has 0 radical (unpaired) electrons. The van der Waals surface area contributed by atoms with Crippen molar-refractivity contribution >= 4 is 21.8 Å². The fourth-order valence-electron chi connectivity index (χ4n) is 3.00. The lowest BCUT2D eigenvalue weighted by molar-refractivity contribution is -0.133. The number of hydrogen-bond acceptors (Lipinski definition) is 3. The Balaban J connectivity index is 1.60. The highest BCUT2D eigenvalue weighted by molar-refractivity contribution is 9.10. The highest BCUT2D eigenvalue weighted by atomic mass is 79.9. The van der Waals surface area contributed by atoms with Gasteiger partial charge in [-0.05, 0) is 69.5 Å². The van der Waals surface area contributed by atoms with E-state index >= 15 is 0 Å². The van der Waals surface area contributed by atoms with Gasteiger partial charge in [0.25, 0.3) is 0 Å². The number of carbonyl (C=O) groups is 1. The molecule has 1 unspecified atom stereocenters. The Morgan fingerprint density at radius 2 is 2.13 bits per heavy atom. The van der Waals surface area contributed by atoms with Crippen LogP contribution in [0.4, 0.5) is 0 Å². The van der Waals surface area contributed by atoms with E-state index < -0.39 is 0 Å². The number of ether oxygens (including phenoxy) is 1. The average Bonchev–Trinajstić information content (AvgIpc) is 2.56. The topological polar surface area (TPSA) is 41.6 Å². The molecule has 1 fully saturated rings. The number of likely N-dealkylation sites (tertiary alicyclic amines) is 1. The van der Waals surface area contributed by atoms with E-state index in [1.54, 1.807) is 0 Å². The molecule has 1 N–H and O–H groups in total. The van der Waals surface area contributed by atoms with Gasteiger partial charge < -0.3 is 15.0 Å². The van der Waals surface area contributed by atoms with E-state index in [-0.39, 0.29) is 0 Å². The van der Waals surface area contributed by atoms with E-state index in [4.69, 9.17) is 4.74 Å². The molecule has 1 saturated heterocycles. The van der Waals surface area contributed by atoms with Crippen molar-refractivity contribution in [3.8, 4) is 5.75 Å². The van der Waals surface area contributed by atoms with Crippen LogP contribution in [-0.2, 0) is 4.79 Å². The summed E-state index contributed by atoms with van der Waals surface area (Å²) in [5.74, 6) is 1.79. The Bertz CT molecular complexity index is 476. The number of halogens is 1. The molecule has 1 heterocycles. The number of piperidine rings is 1. The zero-order valence-corrected chi connectivity index (χ0v) is 15.5. The molecule has 23 heavy (non-hydrogen) atoms. The number of carbonyl (C=O) groups excluding carboxylic acids is 1. The Hall–Kier alpha value is -1.07. The van der Waals surface area contributed by atoms with Crippen LogP contribution < -0.4 is 10.1 Å². The van der Waals surface area contributed by atoms with E-state index in [0.717, 1.165) is 49.1 Å². The second-order valence-electron chi connectivity index (χ2n) is 6.17. The normalized spacial score (nSPS) is 18.0. The van der Waals surface area contributed by atoms with Crippen LogP contribution in [0.25, 0.3) is 0 Å². The van der Waals surface area contributed by atoms with Crippen LogP contribution in [0, 0.1) is 5.92 Å². The van der Waals surface area contributed by atoms with Crippen molar-refractivity contribution in [1.82, 2.24) is 10.2 Å². The van der Waals surface area contributed by atoms with Crippen molar-refractivity contribution in [2.75, 3.05) is 33.3 Å². The highest BCUT2D eigenvalue weighted by Crippen LogP contribution is 2.18. The van der Waals surface area contributed by atoms with Gasteiger partial charge in [-0.25, -0.2) is 0 Å². The molecule has 0 saturated carbocycles. The van der Waals surface area contributed by atoms with Crippen LogP contribution in [-0.4, -0.2) is 44.1 Å². The quantitative estimate of drug-likeness (QED) is 0.699. The summed E-state index contributed by atoms with van der Waals surface area (Å²) in [6.45, 7) is 3.51. The lowest BCUT2D eigenvalue weighted by atomic mass is 9.97. The van der Waals surface area contributed by atoms with Crippen molar-refractivity contribution < 1.29 is 9.53 Å². The predicted octanol–water partition coefficient (Wildman–Crippen LogP) is 3.46. The maximum absolute atomic E-state index is 12.3. The zero-order chi connectivity index (χ0) is 16.5. The summed E-state index contributed by atoms with van der Waals surface area (Å²) in [6.07, 6.45) is 4.80. The smallest absolute Gasteiger partial charge is 0.222 e. The van der Waals surface area contributed by atoms with E-state index in [2.05, 4.69) is 21.2 Å². The molecule has 1 aliphatic heterocycles. The molecule has 0 aromatic heterocycles. The number of benzene rings is 1. The van der Waals surface area contributed by atoms with Crippen LogP contribution in [0.1, 0.15) is 32.1 Å². The van der Waals surface area contributed by atoms with Gasteiger partial charge in [-0.1, -0.05) is 15.9 Å². The van der Waals surface area contributed by atoms with Gasteiger partial charge >= 0.3 is 0 Å². The summed E-state index contributed by atoms with van der Waals surface area (Å²) in [5.41, 5.74) is 0. The van der Waals surface area contributed by atoms with Gasteiger partial charge in [-0.15, -0.1) is 0 Å². The first-order valence-corrected chi connectivity index (χ1v) is 9.29. The maximum Gasteiger partial charge on any atom is 0.222 e. The number of rotatable bonds is 8. The summed E-state index contributed by atoms with van der Waals surface area (Å²) in [7, 11) is 1.98. The standard InChI is InChI=1S/C18H27BrN2O2/c1-20-13-15-5-4-11-21(14-15)18(22)6-2-3-12-23-17-9-7-16(19)8-10-17/h7-10,15,20H,2-6,11-14H2,1H3. The molecule has 2 rings (SSSR count). The van der Waals surface area contributed by atoms with Crippen molar-refractivity contribution in [2.24, 2.45) is 5.92 Å². The fraction of sp³-hybridized carbons (Fsp3) is 0.611. The van der Waals surface area contributed by atoms with Crippen LogP contribution >= 0.6 is 15.9 Å². The SMILES string of the molecule is CNCC1CCCN(C(=O)CCCCOc2ccc(Br)cc2)C1. The lowest BCUT2D eigenvalue weighted by Crippen LogP contribution is -2.42. The van der Waals surface area contributed by atoms with Crippen molar-refractivity contribution in [1.29, 1.82) is 0 Å². The van der Waals surface area contributed by atoms with E-state index in [1.165, 1.54) is 6.42 Å². The van der Waals surface area contributed by atoms with Gasteiger partial charge in [0.05, 0.1) is 6.61 Å². The zero-order valence-electron chi connectivity index (χ0n) is 13.9. The third-order valence-electron chi connectivity index (χ3n) is 4.23. The van der Waals surface area contributed by atoms with Gasteiger partial charge in [0, 0.05) is 24.0 Å². The number of amides is 1. The van der Waals surface area contributed by atoms with Gasteiger partial charge in [0.2, 0.25) is 5.91 Å². The molecule has 0 spiro atoms. The maximum atomic E-state index is 12.3. The Morgan fingerprint density at radius 3 is 2.87 bits per heavy atom. The molecule has 0 aliphatic carbocycles. The highest BCUT2D eigenvalue weighted by Gasteiger charge is 2.22. The first-order chi connectivity index (χ1) is 11.2. The minimum atomic E-state index is 0.300. The Kier molecular flexibility index (Phi) is 7.89. The largest absolute Gasteiger partial charge is 0.494 e. The Morgan fingerprint density at radius 1 is 1.35 bits per heavy atom. The molecule has 1 aliphatic rings. The fourth-order valence-corrected chi connectivity index (χ4v) is 3.27. The summed E-state index contributed by atoms with van der Waals surface area (Å²) in [6, 6.07) is 7.84. The lowest BCUT2D eigenvalue weighted by Gasteiger charge is -2.32. The van der Waals surface area contributed by atoms with Crippen LogP contribution in [0.3, 0.4) is 0 Å². The molecule has 1 atom stereocenters. The predicted molar refractivity (Wildman–Crippen MR) is 96.7 cm³/mol. The van der Waals surface area contributed by atoms with E-state index in [0.29, 0.717) is 24.9 Å². The minimum absolute atomic E-state index is 0.300. The molecule has 1 aromatic rings. The number of nitrogens with zero attached hydrogens (tertiary/aromatic N) is 1. The molecule has 1 aromatic carbocycles. The second kappa shape index (κ2) is 9.93. The van der Waals surface area contributed by atoms with Gasteiger partial charge in [0.15, 0.2) is 0 Å². The summed E-state index contributed by atoms with van der Waals surface area (Å²) >= 11 is 3.40. The van der Waals surface area contributed by atoms with E-state index in [1.807, 2.05) is 36.2 Å². The molecular weight excluding hydrogens is 356 g/mol. The van der Waals surface area contributed by atoms with Gasteiger partial charge in [-0.3, -0.25) is 4.79 Å². The van der Waals surface area contributed by atoms with E-state index in [9.17, 15) is 4.79 Å². The molecule has 5 heteroatoms. The molecule has 4 nitrogen and oxygen atoms in total. The second-order valence-corrected chi connectivity index (χ2v) is 7.08. The number of unbranched alkanes of at least 4 members (excludes halogenated alkanes) is 1. The molecule has 1 amide bonds. The third-order valence-corrected chi connectivity index (χ3v) is 4.76. The Labute approximate surface area is 147 Å². The first-order valence-electron chi connectivity index (χ1n) is 8.50. The monoisotopic (exact) mass is 382 g/mol. The average molecular weight is 383 g/mol. The summed E-state index contributed by atoms with van der Waals surface area (Å²) in [5, 5.41) is 3.22. The molecule has 128 valence electrons. The van der Waals surface area contributed by atoms with Crippen molar-refractivity contribution in [2.45, 2.75) is 32.1 Å². The number of hydrogen-bond donors (Lipinski definition) is 1.